The normalized spacial score (nSPS) is 10.5. The largest absolute Gasteiger partial charge is 0.469 e. The van der Waals surface area contributed by atoms with Crippen LogP contribution in [0.15, 0.2) is 22.9 Å². The number of aromatic nitrogens is 2. The number of anilines is 2. The highest BCUT2D eigenvalue weighted by Gasteiger charge is 2.11. The Balaban J connectivity index is 2.20. The molecule has 102 valence electrons. The Hall–Kier alpha value is -2.04. The van der Waals surface area contributed by atoms with Crippen molar-refractivity contribution in [1.29, 1.82) is 0 Å². The minimum absolute atomic E-state index is 0.666. The first-order valence-corrected chi connectivity index (χ1v) is 6.43. The van der Waals surface area contributed by atoms with Crippen LogP contribution >= 0.6 is 0 Å². The van der Waals surface area contributed by atoms with Gasteiger partial charge in [0.25, 0.3) is 0 Å². The molecule has 0 spiro atoms. The van der Waals surface area contributed by atoms with Crippen LogP contribution in [0.5, 0.6) is 0 Å². The minimum atomic E-state index is 0.666. The monoisotopic (exact) mass is 260 g/mol. The van der Waals surface area contributed by atoms with Crippen LogP contribution in [0.25, 0.3) is 0 Å². The molecule has 19 heavy (non-hydrogen) atoms. The molecule has 0 unspecified atom stereocenters. The van der Waals surface area contributed by atoms with Crippen molar-refractivity contribution in [3.63, 3.8) is 0 Å². The summed E-state index contributed by atoms with van der Waals surface area (Å²) in [5.74, 6) is 2.55. The highest BCUT2D eigenvalue weighted by molar-refractivity contribution is 5.48. The quantitative estimate of drug-likeness (QED) is 0.895. The number of nitrogens with one attached hydrogen (secondary N) is 1. The third-order valence-electron chi connectivity index (χ3n) is 3.02. The number of aryl methyl sites for hydroxylation is 2. The van der Waals surface area contributed by atoms with Gasteiger partial charge in [-0.05, 0) is 26.8 Å². The highest BCUT2D eigenvalue weighted by Crippen LogP contribution is 2.20. The Morgan fingerprint density at radius 3 is 2.79 bits per heavy atom. The van der Waals surface area contributed by atoms with Crippen LogP contribution in [0.3, 0.4) is 0 Å². The summed E-state index contributed by atoms with van der Waals surface area (Å²) in [5, 5.41) is 3.13. The molecule has 2 rings (SSSR count). The van der Waals surface area contributed by atoms with E-state index >= 15 is 0 Å². The van der Waals surface area contributed by atoms with Crippen molar-refractivity contribution >= 4 is 11.8 Å². The molecule has 0 amide bonds. The second kappa shape index (κ2) is 5.73. The van der Waals surface area contributed by atoms with E-state index in [9.17, 15) is 0 Å². The Kier molecular flexibility index (Phi) is 4.04. The van der Waals surface area contributed by atoms with Crippen molar-refractivity contribution in [2.24, 2.45) is 0 Å². The molecular formula is C14H20N4O. The third-order valence-corrected chi connectivity index (χ3v) is 3.02. The van der Waals surface area contributed by atoms with Crippen molar-refractivity contribution in [3.05, 3.63) is 35.4 Å². The van der Waals surface area contributed by atoms with Gasteiger partial charge in [0, 0.05) is 37.5 Å². The summed E-state index contributed by atoms with van der Waals surface area (Å²) >= 11 is 0. The summed E-state index contributed by atoms with van der Waals surface area (Å²) < 4.78 is 5.32. The van der Waals surface area contributed by atoms with Crippen LogP contribution in [0, 0.1) is 13.8 Å². The summed E-state index contributed by atoms with van der Waals surface area (Å²) in [6.45, 7) is 7.60. The zero-order valence-electron chi connectivity index (χ0n) is 11.9. The fourth-order valence-corrected chi connectivity index (χ4v) is 1.97. The predicted molar refractivity (Wildman–Crippen MR) is 76.5 cm³/mol. The predicted octanol–water partition coefficient (Wildman–Crippen LogP) is 2.75. The van der Waals surface area contributed by atoms with Crippen molar-refractivity contribution in [1.82, 2.24) is 9.97 Å². The third kappa shape index (κ3) is 3.05. The van der Waals surface area contributed by atoms with Crippen LogP contribution in [0.4, 0.5) is 11.8 Å². The maximum absolute atomic E-state index is 5.32. The fourth-order valence-electron chi connectivity index (χ4n) is 1.97. The molecule has 2 aromatic rings. The molecule has 0 aliphatic heterocycles. The molecule has 0 aliphatic carbocycles. The van der Waals surface area contributed by atoms with Crippen molar-refractivity contribution in [2.45, 2.75) is 27.3 Å². The van der Waals surface area contributed by atoms with Crippen LogP contribution in [0.1, 0.15) is 23.8 Å². The molecule has 0 atom stereocenters. The Labute approximate surface area is 113 Å². The average molecular weight is 260 g/mol. The second-order valence-electron chi connectivity index (χ2n) is 4.59. The summed E-state index contributed by atoms with van der Waals surface area (Å²) in [6.07, 6.45) is 3.56. The van der Waals surface area contributed by atoms with E-state index in [4.69, 9.17) is 4.42 Å². The molecule has 0 bridgehead atoms. The van der Waals surface area contributed by atoms with Crippen LogP contribution in [-0.2, 0) is 6.54 Å². The van der Waals surface area contributed by atoms with Gasteiger partial charge in [0.05, 0.1) is 6.26 Å². The molecule has 0 aliphatic rings. The summed E-state index contributed by atoms with van der Waals surface area (Å²) in [6, 6.07) is 1.99. The first-order chi connectivity index (χ1) is 9.11. The van der Waals surface area contributed by atoms with E-state index in [0.29, 0.717) is 5.95 Å². The molecule has 0 saturated carbocycles. The lowest BCUT2D eigenvalue weighted by atomic mass is 10.2. The first kappa shape index (κ1) is 13.4. The second-order valence-corrected chi connectivity index (χ2v) is 4.59. The van der Waals surface area contributed by atoms with Gasteiger partial charge in [-0.3, -0.25) is 0 Å². The van der Waals surface area contributed by atoms with Crippen LogP contribution < -0.4 is 10.2 Å². The lowest BCUT2D eigenvalue weighted by molar-refractivity contribution is 0.529. The summed E-state index contributed by atoms with van der Waals surface area (Å²) in [7, 11) is 2.03. The number of rotatable bonds is 5. The van der Waals surface area contributed by atoms with Crippen molar-refractivity contribution in [3.8, 4) is 0 Å². The summed E-state index contributed by atoms with van der Waals surface area (Å²) in [5.41, 5.74) is 2.23. The van der Waals surface area contributed by atoms with Gasteiger partial charge < -0.3 is 14.6 Å². The zero-order chi connectivity index (χ0) is 13.8. The summed E-state index contributed by atoms with van der Waals surface area (Å²) in [4.78, 5) is 10.9. The molecule has 0 aromatic carbocycles. The van der Waals surface area contributed by atoms with E-state index in [0.717, 1.165) is 30.2 Å². The first-order valence-electron chi connectivity index (χ1n) is 6.43. The van der Waals surface area contributed by atoms with Crippen LogP contribution in [0.2, 0.25) is 0 Å². The van der Waals surface area contributed by atoms with Gasteiger partial charge in [0.1, 0.15) is 11.6 Å². The average Bonchev–Trinajstić information content (AvgIpc) is 2.77. The standard InChI is InChI=1S/C14H20N4O/c1-5-15-14-16-8-10(2)13(17-14)18(4)9-12-6-7-19-11(12)3/h6-8H,5,9H2,1-4H3,(H,15,16,17). The number of nitrogens with zero attached hydrogens (tertiary/aromatic N) is 3. The van der Waals surface area contributed by atoms with Crippen LogP contribution in [-0.4, -0.2) is 23.6 Å². The molecule has 2 heterocycles. The zero-order valence-corrected chi connectivity index (χ0v) is 11.9. The van der Waals surface area contributed by atoms with Gasteiger partial charge >= 0.3 is 0 Å². The van der Waals surface area contributed by atoms with Gasteiger partial charge in [-0.2, -0.15) is 4.98 Å². The van der Waals surface area contributed by atoms with Gasteiger partial charge in [-0.25, -0.2) is 4.98 Å². The number of furan rings is 1. The molecule has 0 saturated heterocycles. The van der Waals surface area contributed by atoms with Crippen molar-refractivity contribution < 1.29 is 4.42 Å². The lowest BCUT2D eigenvalue weighted by Crippen LogP contribution is -2.20. The van der Waals surface area contributed by atoms with Gasteiger partial charge in [0.15, 0.2) is 0 Å². The molecule has 1 N–H and O–H groups in total. The van der Waals surface area contributed by atoms with E-state index < -0.39 is 0 Å². The van der Waals surface area contributed by atoms with Gasteiger partial charge in [0.2, 0.25) is 5.95 Å². The maximum Gasteiger partial charge on any atom is 0.224 e. The number of hydrogen-bond donors (Lipinski definition) is 1. The highest BCUT2D eigenvalue weighted by atomic mass is 16.3. The minimum Gasteiger partial charge on any atom is -0.469 e. The van der Waals surface area contributed by atoms with E-state index in [1.165, 1.54) is 5.56 Å². The van der Waals surface area contributed by atoms with E-state index in [-0.39, 0.29) is 0 Å². The Morgan fingerprint density at radius 2 is 2.16 bits per heavy atom. The molecule has 2 aromatic heterocycles. The Morgan fingerprint density at radius 1 is 1.37 bits per heavy atom. The smallest absolute Gasteiger partial charge is 0.224 e. The molecule has 5 nitrogen and oxygen atoms in total. The van der Waals surface area contributed by atoms with Gasteiger partial charge in [-0.15, -0.1) is 0 Å². The van der Waals surface area contributed by atoms with Gasteiger partial charge in [-0.1, -0.05) is 0 Å². The molecule has 5 heteroatoms. The molecular weight excluding hydrogens is 240 g/mol. The Bertz CT molecular complexity index is 550. The van der Waals surface area contributed by atoms with E-state index in [1.807, 2.05) is 40.1 Å². The SMILES string of the molecule is CCNc1ncc(C)c(N(C)Cc2ccoc2C)n1. The molecule has 0 fully saturated rings. The fraction of sp³-hybridized carbons (Fsp3) is 0.429. The van der Waals surface area contributed by atoms with E-state index in [2.05, 4.69) is 20.2 Å². The van der Waals surface area contributed by atoms with Crippen molar-refractivity contribution in [2.75, 3.05) is 23.8 Å². The lowest BCUT2D eigenvalue weighted by Gasteiger charge is -2.20. The topological polar surface area (TPSA) is 54.2 Å². The number of hydrogen-bond acceptors (Lipinski definition) is 5. The maximum atomic E-state index is 5.32. The van der Waals surface area contributed by atoms with E-state index in [1.54, 1.807) is 6.26 Å². The molecule has 0 radical (unpaired) electrons.